The molecular weight excluding hydrogens is 302 g/mol. The molecule has 0 N–H and O–H groups in total. The summed E-state index contributed by atoms with van der Waals surface area (Å²) in [5.41, 5.74) is 2.68. The fourth-order valence-electron chi connectivity index (χ4n) is 3.03. The van der Waals surface area contributed by atoms with Crippen molar-refractivity contribution >= 4 is 21.7 Å². The van der Waals surface area contributed by atoms with Gasteiger partial charge in [0.2, 0.25) is 0 Å². The third-order valence-electron chi connectivity index (χ3n) is 4.08. The summed E-state index contributed by atoms with van der Waals surface area (Å²) >= 11 is 3.58. The van der Waals surface area contributed by atoms with Gasteiger partial charge in [-0.05, 0) is 38.5 Å². The van der Waals surface area contributed by atoms with Crippen LogP contribution in [0.25, 0.3) is 0 Å². The Labute approximate surface area is 125 Å². The lowest BCUT2D eigenvalue weighted by atomic mass is 9.95. The highest BCUT2D eigenvalue weighted by Gasteiger charge is 2.23. The second-order valence-electron chi connectivity index (χ2n) is 5.18. The molecule has 0 aromatic carbocycles. The lowest BCUT2D eigenvalue weighted by Crippen LogP contribution is -2.38. The molecule has 19 heavy (non-hydrogen) atoms. The van der Waals surface area contributed by atoms with Gasteiger partial charge in [-0.25, -0.2) is 9.97 Å². The number of anilines is 1. The molecule has 0 radical (unpaired) electrons. The smallest absolute Gasteiger partial charge is 0.135 e. The lowest BCUT2D eigenvalue weighted by molar-refractivity contribution is 0.555. The maximum absolute atomic E-state index is 4.62. The van der Waals surface area contributed by atoms with E-state index in [0.29, 0.717) is 6.04 Å². The van der Waals surface area contributed by atoms with E-state index in [1.54, 1.807) is 6.33 Å². The zero-order valence-corrected chi connectivity index (χ0v) is 13.6. The maximum Gasteiger partial charge on any atom is 0.135 e. The molecule has 4 heteroatoms. The van der Waals surface area contributed by atoms with Gasteiger partial charge in [0, 0.05) is 29.2 Å². The van der Waals surface area contributed by atoms with E-state index in [1.807, 2.05) is 0 Å². The van der Waals surface area contributed by atoms with Gasteiger partial charge in [-0.3, -0.25) is 0 Å². The van der Waals surface area contributed by atoms with Crippen LogP contribution in [-0.2, 0) is 12.8 Å². The van der Waals surface area contributed by atoms with E-state index in [2.05, 4.69) is 44.6 Å². The molecule has 2 rings (SSSR count). The van der Waals surface area contributed by atoms with Crippen molar-refractivity contribution in [1.29, 1.82) is 0 Å². The first-order valence-corrected chi connectivity index (χ1v) is 8.59. The summed E-state index contributed by atoms with van der Waals surface area (Å²) in [6.45, 7) is 5.56. The van der Waals surface area contributed by atoms with Crippen molar-refractivity contribution < 1.29 is 0 Å². The van der Waals surface area contributed by atoms with E-state index in [9.17, 15) is 0 Å². The molecule has 1 aromatic rings. The Morgan fingerprint density at radius 3 is 2.63 bits per heavy atom. The topological polar surface area (TPSA) is 29.0 Å². The van der Waals surface area contributed by atoms with Crippen LogP contribution in [0, 0.1) is 0 Å². The molecule has 0 aliphatic heterocycles. The lowest BCUT2D eigenvalue weighted by Gasteiger charge is -2.33. The van der Waals surface area contributed by atoms with Crippen LogP contribution in [0.1, 0.15) is 50.8 Å². The SMILES string of the molecule is CCC(CC)N(CCBr)c1ncnc2c1CCCC2. The summed E-state index contributed by atoms with van der Waals surface area (Å²) in [4.78, 5) is 11.6. The highest BCUT2D eigenvalue weighted by molar-refractivity contribution is 9.09. The summed E-state index contributed by atoms with van der Waals surface area (Å²) in [5, 5.41) is 0.988. The minimum absolute atomic E-state index is 0.582. The molecule has 0 saturated carbocycles. The number of hydrogen-bond acceptors (Lipinski definition) is 3. The molecule has 0 unspecified atom stereocenters. The second kappa shape index (κ2) is 7.22. The summed E-state index contributed by atoms with van der Waals surface area (Å²) in [6.07, 6.45) is 8.90. The number of halogens is 1. The molecule has 1 aliphatic carbocycles. The van der Waals surface area contributed by atoms with E-state index >= 15 is 0 Å². The van der Waals surface area contributed by atoms with Crippen molar-refractivity contribution in [2.75, 3.05) is 16.8 Å². The Hall–Kier alpha value is -0.640. The molecule has 0 spiro atoms. The molecule has 0 amide bonds. The van der Waals surface area contributed by atoms with Gasteiger partial charge in [0.05, 0.1) is 0 Å². The van der Waals surface area contributed by atoms with Gasteiger partial charge in [0.15, 0.2) is 0 Å². The van der Waals surface area contributed by atoms with E-state index < -0.39 is 0 Å². The van der Waals surface area contributed by atoms with Crippen LogP contribution < -0.4 is 4.90 Å². The summed E-state index contributed by atoms with van der Waals surface area (Å²) in [6, 6.07) is 0.582. The van der Waals surface area contributed by atoms with Crippen molar-refractivity contribution in [3.63, 3.8) is 0 Å². The number of nitrogens with zero attached hydrogens (tertiary/aromatic N) is 3. The standard InChI is InChI=1S/C15H24BrN3/c1-3-12(4-2)19(10-9-16)15-13-7-5-6-8-14(13)17-11-18-15/h11-12H,3-10H2,1-2H3. The monoisotopic (exact) mass is 325 g/mol. The molecular formula is C15H24BrN3. The Balaban J connectivity index is 2.35. The van der Waals surface area contributed by atoms with Crippen LogP contribution in [0.15, 0.2) is 6.33 Å². The highest BCUT2D eigenvalue weighted by atomic mass is 79.9. The van der Waals surface area contributed by atoms with E-state index in [1.165, 1.54) is 42.8 Å². The average Bonchev–Trinajstić information content (AvgIpc) is 2.47. The molecule has 1 heterocycles. The fraction of sp³-hybridized carbons (Fsp3) is 0.733. The van der Waals surface area contributed by atoms with Crippen LogP contribution in [0.4, 0.5) is 5.82 Å². The van der Waals surface area contributed by atoms with Gasteiger partial charge >= 0.3 is 0 Å². The number of alkyl halides is 1. The number of hydrogen-bond donors (Lipinski definition) is 0. The minimum atomic E-state index is 0.582. The molecule has 1 aromatic heterocycles. The molecule has 106 valence electrons. The van der Waals surface area contributed by atoms with E-state index in [-0.39, 0.29) is 0 Å². The van der Waals surface area contributed by atoms with Gasteiger partial charge < -0.3 is 4.90 Å². The van der Waals surface area contributed by atoms with E-state index in [4.69, 9.17) is 0 Å². The Morgan fingerprint density at radius 1 is 1.21 bits per heavy atom. The number of rotatable bonds is 6. The Morgan fingerprint density at radius 2 is 1.95 bits per heavy atom. The molecule has 0 bridgehead atoms. The maximum atomic E-state index is 4.62. The minimum Gasteiger partial charge on any atom is -0.352 e. The second-order valence-corrected chi connectivity index (χ2v) is 5.98. The zero-order valence-electron chi connectivity index (χ0n) is 12.0. The summed E-state index contributed by atoms with van der Waals surface area (Å²) in [7, 11) is 0. The number of aromatic nitrogens is 2. The third kappa shape index (κ3) is 3.28. The van der Waals surface area contributed by atoms with E-state index in [0.717, 1.165) is 24.7 Å². The van der Waals surface area contributed by atoms with Gasteiger partial charge in [-0.1, -0.05) is 29.8 Å². The normalized spacial score (nSPS) is 14.5. The molecule has 0 atom stereocenters. The third-order valence-corrected chi connectivity index (χ3v) is 4.44. The van der Waals surface area contributed by atoms with Gasteiger partial charge in [-0.2, -0.15) is 0 Å². The first-order valence-electron chi connectivity index (χ1n) is 7.47. The predicted octanol–water partition coefficient (Wildman–Crippen LogP) is 3.75. The van der Waals surface area contributed by atoms with Gasteiger partial charge in [0.25, 0.3) is 0 Å². The molecule has 0 fully saturated rings. The van der Waals surface area contributed by atoms with Crippen LogP contribution in [-0.4, -0.2) is 27.9 Å². The zero-order chi connectivity index (χ0) is 13.7. The first-order chi connectivity index (χ1) is 9.31. The Kier molecular flexibility index (Phi) is 5.61. The number of aryl methyl sites for hydroxylation is 1. The first kappa shape index (κ1) is 14.8. The fourth-order valence-corrected chi connectivity index (χ4v) is 3.42. The van der Waals surface area contributed by atoms with Gasteiger partial charge in [-0.15, -0.1) is 0 Å². The van der Waals surface area contributed by atoms with Crippen molar-refractivity contribution in [2.45, 2.75) is 58.4 Å². The van der Waals surface area contributed by atoms with Crippen LogP contribution in [0.5, 0.6) is 0 Å². The molecule has 0 saturated heterocycles. The predicted molar refractivity (Wildman–Crippen MR) is 84.2 cm³/mol. The summed E-state index contributed by atoms with van der Waals surface area (Å²) in [5.74, 6) is 1.19. The largest absolute Gasteiger partial charge is 0.352 e. The average molecular weight is 326 g/mol. The van der Waals surface area contributed by atoms with Crippen molar-refractivity contribution in [3.8, 4) is 0 Å². The summed E-state index contributed by atoms with van der Waals surface area (Å²) < 4.78 is 0. The van der Waals surface area contributed by atoms with Crippen molar-refractivity contribution in [1.82, 2.24) is 9.97 Å². The van der Waals surface area contributed by atoms with Crippen molar-refractivity contribution in [2.24, 2.45) is 0 Å². The van der Waals surface area contributed by atoms with Gasteiger partial charge in [0.1, 0.15) is 12.1 Å². The highest BCUT2D eigenvalue weighted by Crippen LogP contribution is 2.29. The van der Waals surface area contributed by atoms with Crippen LogP contribution >= 0.6 is 15.9 Å². The quantitative estimate of drug-likeness (QED) is 0.746. The van der Waals surface area contributed by atoms with Crippen LogP contribution in [0.3, 0.4) is 0 Å². The molecule has 3 nitrogen and oxygen atoms in total. The van der Waals surface area contributed by atoms with Crippen molar-refractivity contribution in [3.05, 3.63) is 17.6 Å². The molecule has 1 aliphatic rings. The number of fused-ring (bicyclic) bond motifs is 1. The Bertz CT molecular complexity index is 404. The van der Waals surface area contributed by atoms with Crippen LogP contribution in [0.2, 0.25) is 0 Å².